The van der Waals surface area contributed by atoms with Gasteiger partial charge in [0.15, 0.2) is 5.96 Å². The third kappa shape index (κ3) is 6.32. The number of aliphatic imine (C=N–C) groups is 1. The van der Waals surface area contributed by atoms with Crippen molar-refractivity contribution in [2.24, 2.45) is 10.9 Å². The second kappa shape index (κ2) is 12.0. The molecular formula is C25H32IN5O. The maximum absolute atomic E-state index is 6.14. The lowest BCUT2D eigenvalue weighted by Crippen LogP contribution is -2.41. The molecule has 32 heavy (non-hydrogen) atoms. The summed E-state index contributed by atoms with van der Waals surface area (Å²) in [5.41, 5.74) is 4.54. The third-order valence-corrected chi connectivity index (χ3v) is 5.71. The molecule has 3 aromatic rings. The van der Waals surface area contributed by atoms with Crippen molar-refractivity contribution in [3.8, 4) is 5.69 Å². The highest BCUT2D eigenvalue weighted by Gasteiger charge is 2.27. The molecule has 7 heteroatoms. The Labute approximate surface area is 207 Å². The zero-order valence-corrected chi connectivity index (χ0v) is 21.0. The fourth-order valence-electron chi connectivity index (χ4n) is 3.98. The van der Waals surface area contributed by atoms with E-state index in [1.165, 1.54) is 11.1 Å². The van der Waals surface area contributed by atoms with Crippen molar-refractivity contribution in [3.05, 3.63) is 83.7 Å². The zero-order chi connectivity index (χ0) is 21.5. The van der Waals surface area contributed by atoms with Crippen LogP contribution in [0.3, 0.4) is 0 Å². The van der Waals surface area contributed by atoms with E-state index in [2.05, 4.69) is 51.9 Å². The summed E-state index contributed by atoms with van der Waals surface area (Å²) in [5, 5.41) is 11.5. The number of hydrogen-bond donors (Lipinski definition) is 2. The first-order valence-electron chi connectivity index (χ1n) is 11.0. The number of aryl methyl sites for hydroxylation is 1. The van der Waals surface area contributed by atoms with Crippen molar-refractivity contribution in [2.45, 2.75) is 32.4 Å². The quantitative estimate of drug-likeness (QED) is 0.270. The molecule has 1 aliphatic rings. The number of aromatic nitrogens is 2. The Bertz CT molecular complexity index is 987. The van der Waals surface area contributed by atoms with Gasteiger partial charge in [0.05, 0.1) is 24.0 Å². The first-order valence-corrected chi connectivity index (χ1v) is 11.0. The predicted octanol–water partition coefficient (Wildman–Crippen LogP) is 4.63. The molecule has 0 bridgehead atoms. The number of hydrogen-bond acceptors (Lipinski definition) is 3. The second-order valence-corrected chi connectivity index (χ2v) is 8.00. The van der Waals surface area contributed by atoms with Gasteiger partial charge >= 0.3 is 0 Å². The van der Waals surface area contributed by atoms with Gasteiger partial charge in [-0.25, -0.2) is 4.68 Å². The molecule has 4 rings (SSSR count). The Morgan fingerprint density at radius 1 is 1.09 bits per heavy atom. The van der Waals surface area contributed by atoms with Gasteiger partial charge in [-0.3, -0.25) is 4.99 Å². The van der Waals surface area contributed by atoms with E-state index in [4.69, 9.17) is 4.74 Å². The average Bonchev–Trinajstić information content (AvgIpc) is 3.30. The highest BCUT2D eigenvalue weighted by atomic mass is 127. The van der Waals surface area contributed by atoms with E-state index in [1.807, 2.05) is 47.3 Å². The van der Waals surface area contributed by atoms with E-state index in [-0.39, 0.29) is 30.1 Å². The van der Waals surface area contributed by atoms with Gasteiger partial charge in [0.25, 0.3) is 0 Å². The van der Waals surface area contributed by atoms with Crippen LogP contribution in [-0.4, -0.2) is 35.9 Å². The summed E-state index contributed by atoms with van der Waals surface area (Å²) in [6.07, 6.45) is 4.34. The highest BCUT2D eigenvalue weighted by molar-refractivity contribution is 14.0. The molecule has 2 N–H and O–H groups in total. The minimum absolute atomic E-state index is 0. The van der Waals surface area contributed by atoms with Crippen molar-refractivity contribution in [2.75, 3.05) is 20.2 Å². The predicted molar refractivity (Wildman–Crippen MR) is 140 cm³/mol. The fraction of sp³-hybridized carbons (Fsp3) is 0.360. The molecule has 0 spiro atoms. The number of nitrogens with zero attached hydrogens (tertiary/aromatic N) is 3. The smallest absolute Gasteiger partial charge is 0.191 e. The van der Waals surface area contributed by atoms with Crippen LogP contribution in [0, 0.1) is 12.8 Å². The Morgan fingerprint density at radius 2 is 1.88 bits per heavy atom. The Balaban J connectivity index is 0.00000289. The van der Waals surface area contributed by atoms with Gasteiger partial charge in [-0.15, -0.1) is 24.0 Å². The number of para-hydroxylation sites is 1. The summed E-state index contributed by atoms with van der Waals surface area (Å²) < 4.78 is 8.03. The molecule has 0 saturated carbocycles. The maximum atomic E-state index is 6.14. The number of ether oxygens (including phenoxy) is 1. The molecule has 2 heterocycles. The minimum Gasteiger partial charge on any atom is -0.373 e. The lowest BCUT2D eigenvalue weighted by atomic mass is 9.89. The SMILES string of the molecule is CN=C(NCc1ccn(-c2ccccc2)n1)NCC1CCCOC1c1ccc(C)cc1.I. The van der Waals surface area contributed by atoms with E-state index in [0.717, 1.165) is 43.3 Å². The minimum atomic E-state index is 0. The largest absolute Gasteiger partial charge is 0.373 e. The van der Waals surface area contributed by atoms with Crippen molar-refractivity contribution < 1.29 is 4.74 Å². The lowest BCUT2D eigenvalue weighted by Gasteiger charge is -2.32. The molecule has 1 fully saturated rings. The Morgan fingerprint density at radius 3 is 2.62 bits per heavy atom. The molecular weight excluding hydrogens is 513 g/mol. The van der Waals surface area contributed by atoms with Crippen molar-refractivity contribution in [1.82, 2.24) is 20.4 Å². The summed E-state index contributed by atoms with van der Waals surface area (Å²) in [6, 6.07) is 20.8. The van der Waals surface area contributed by atoms with Crippen LogP contribution in [0.5, 0.6) is 0 Å². The van der Waals surface area contributed by atoms with E-state index in [0.29, 0.717) is 12.5 Å². The molecule has 6 nitrogen and oxygen atoms in total. The van der Waals surface area contributed by atoms with Gasteiger partial charge in [0.1, 0.15) is 0 Å². The summed E-state index contributed by atoms with van der Waals surface area (Å²) in [5.74, 6) is 1.19. The molecule has 2 unspecified atom stereocenters. The van der Waals surface area contributed by atoms with Crippen LogP contribution in [0.2, 0.25) is 0 Å². The van der Waals surface area contributed by atoms with E-state index in [1.54, 1.807) is 7.05 Å². The summed E-state index contributed by atoms with van der Waals surface area (Å²) in [7, 11) is 1.80. The number of rotatable bonds is 6. The van der Waals surface area contributed by atoms with Gasteiger partial charge in [0, 0.05) is 32.3 Å². The Kier molecular flexibility index (Phi) is 9.11. The van der Waals surface area contributed by atoms with Crippen molar-refractivity contribution >= 4 is 29.9 Å². The number of guanidine groups is 1. The van der Waals surface area contributed by atoms with Gasteiger partial charge in [-0.2, -0.15) is 5.10 Å². The van der Waals surface area contributed by atoms with Crippen LogP contribution in [0.15, 0.2) is 71.9 Å². The van der Waals surface area contributed by atoms with E-state index < -0.39 is 0 Å². The standard InChI is InChI=1S/C25H31N5O.HI/c1-19-10-12-20(13-11-19)24-21(7-6-16-31-24)17-27-25(26-2)28-18-22-14-15-30(29-22)23-8-4-3-5-9-23;/h3-5,8-15,21,24H,6-7,16-18H2,1-2H3,(H2,26,27,28);1H. The monoisotopic (exact) mass is 545 g/mol. The molecule has 1 aliphatic heterocycles. The van der Waals surface area contributed by atoms with E-state index in [9.17, 15) is 0 Å². The molecule has 170 valence electrons. The molecule has 0 aliphatic carbocycles. The number of benzene rings is 2. The van der Waals surface area contributed by atoms with Crippen LogP contribution in [-0.2, 0) is 11.3 Å². The normalized spacial score (nSPS) is 18.6. The lowest BCUT2D eigenvalue weighted by molar-refractivity contribution is -0.0265. The number of nitrogens with one attached hydrogen (secondary N) is 2. The van der Waals surface area contributed by atoms with Crippen LogP contribution in [0.25, 0.3) is 5.69 Å². The summed E-state index contributed by atoms with van der Waals surface area (Å²) in [6.45, 7) is 4.37. The van der Waals surface area contributed by atoms with Crippen LogP contribution >= 0.6 is 24.0 Å². The molecule has 1 aromatic heterocycles. The van der Waals surface area contributed by atoms with Crippen molar-refractivity contribution in [1.29, 1.82) is 0 Å². The summed E-state index contributed by atoms with van der Waals surface area (Å²) >= 11 is 0. The zero-order valence-electron chi connectivity index (χ0n) is 18.7. The molecule has 2 atom stereocenters. The maximum Gasteiger partial charge on any atom is 0.191 e. The highest BCUT2D eigenvalue weighted by Crippen LogP contribution is 2.33. The van der Waals surface area contributed by atoms with Crippen LogP contribution in [0.1, 0.15) is 35.8 Å². The molecule has 2 aromatic carbocycles. The Hall–Kier alpha value is -2.39. The summed E-state index contributed by atoms with van der Waals surface area (Å²) in [4.78, 5) is 4.38. The van der Waals surface area contributed by atoms with Gasteiger partial charge in [-0.05, 0) is 43.5 Å². The van der Waals surface area contributed by atoms with Gasteiger partial charge in [-0.1, -0.05) is 48.0 Å². The molecule has 0 radical (unpaired) electrons. The first kappa shape index (κ1) is 24.3. The van der Waals surface area contributed by atoms with Crippen molar-refractivity contribution in [3.63, 3.8) is 0 Å². The average molecular weight is 545 g/mol. The third-order valence-electron chi connectivity index (χ3n) is 5.71. The number of halogens is 1. The molecule has 1 saturated heterocycles. The van der Waals surface area contributed by atoms with Gasteiger partial charge in [0.2, 0.25) is 0 Å². The van der Waals surface area contributed by atoms with Gasteiger partial charge < -0.3 is 15.4 Å². The second-order valence-electron chi connectivity index (χ2n) is 8.00. The first-order chi connectivity index (χ1) is 15.2. The van der Waals surface area contributed by atoms with E-state index >= 15 is 0 Å². The topological polar surface area (TPSA) is 63.5 Å². The molecule has 0 amide bonds. The van der Waals surface area contributed by atoms with Crippen LogP contribution in [0.4, 0.5) is 0 Å². The fourth-order valence-corrected chi connectivity index (χ4v) is 3.98. The van der Waals surface area contributed by atoms with Crippen LogP contribution < -0.4 is 10.6 Å².